The van der Waals surface area contributed by atoms with E-state index in [0.717, 1.165) is 25.7 Å². The molecule has 2 atom stereocenters. The van der Waals surface area contributed by atoms with E-state index in [4.69, 9.17) is 5.11 Å². The van der Waals surface area contributed by atoms with Crippen molar-refractivity contribution in [3.05, 3.63) is 0 Å². The number of hydrogen-bond donors (Lipinski definition) is 3. The first-order valence-electron chi connectivity index (χ1n) is 7.64. The van der Waals surface area contributed by atoms with Crippen LogP contribution in [0.1, 0.15) is 44.9 Å². The van der Waals surface area contributed by atoms with E-state index in [2.05, 4.69) is 10.6 Å². The van der Waals surface area contributed by atoms with Gasteiger partial charge in [-0.3, -0.25) is 9.59 Å². The van der Waals surface area contributed by atoms with E-state index in [1.165, 1.54) is 0 Å². The Labute approximate surface area is 124 Å². The largest absolute Gasteiger partial charge is 0.481 e. The molecule has 21 heavy (non-hydrogen) atoms. The summed E-state index contributed by atoms with van der Waals surface area (Å²) in [7, 11) is 0. The molecule has 0 bridgehead atoms. The molecule has 2 rings (SSSR count). The van der Waals surface area contributed by atoms with Gasteiger partial charge in [0, 0.05) is 25.6 Å². The van der Waals surface area contributed by atoms with E-state index in [1.54, 1.807) is 4.90 Å². The van der Waals surface area contributed by atoms with Crippen LogP contribution in [0.5, 0.6) is 0 Å². The predicted octanol–water partition coefficient (Wildman–Crippen LogP) is 0.694. The fourth-order valence-electron chi connectivity index (χ4n) is 3.00. The van der Waals surface area contributed by atoms with Crippen molar-refractivity contribution in [1.29, 1.82) is 0 Å². The van der Waals surface area contributed by atoms with Crippen molar-refractivity contribution in [2.24, 2.45) is 0 Å². The van der Waals surface area contributed by atoms with E-state index in [-0.39, 0.29) is 24.4 Å². The van der Waals surface area contributed by atoms with Crippen molar-refractivity contribution in [2.75, 3.05) is 13.1 Å². The monoisotopic (exact) mass is 297 g/mol. The normalized spacial score (nSPS) is 26.1. The molecule has 2 aliphatic rings. The number of carboxylic acid groups (broad SMARTS) is 1. The lowest BCUT2D eigenvalue weighted by atomic mass is 9.98. The van der Waals surface area contributed by atoms with Crippen molar-refractivity contribution >= 4 is 17.9 Å². The Morgan fingerprint density at radius 1 is 1.29 bits per heavy atom. The highest BCUT2D eigenvalue weighted by Crippen LogP contribution is 2.21. The summed E-state index contributed by atoms with van der Waals surface area (Å²) in [4.78, 5) is 36.5. The number of carbonyl (C=O) groups excluding carboxylic acids is 2. The summed E-state index contributed by atoms with van der Waals surface area (Å²) in [5, 5.41) is 14.3. The highest BCUT2D eigenvalue weighted by molar-refractivity contribution is 5.87. The van der Waals surface area contributed by atoms with Crippen molar-refractivity contribution in [1.82, 2.24) is 15.5 Å². The maximum absolute atomic E-state index is 12.4. The van der Waals surface area contributed by atoms with Gasteiger partial charge in [0.25, 0.3) is 0 Å². The lowest BCUT2D eigenvalue weighted by Crippen LogP contribution is -2.56. The molecule has 0 aromatic carbocycles. The maximum atomic E-state index is 12.4. The number of aliphatic carboxylic acids is 1. The zero-order chi connectivity index (χ0) is 15.2. The van der Waals surface area contributed by atoms with Crippen molar-refractivity contribution in [2.45, 2.75) is 57.0 Å². The molecule has 2 fully saturated rings. The summed E-state index contributed by atoms with van der Waals surface area (Å²) >= 11 is 0. The lowest BCUT2D eigenvalue weighted by molar-refractivity contribution is -0.137. The van der Waals surface area contributed by atoms with Crippen molar-refractivity contribution in [3.8, 4) is 0 Å². The van der Waals surface area contributed by atoms with Crippen molar-refractivity contribution in [3.63, 3.8) is 0 Å². The molecule has 2 unspecified atom stereocenters. The van der Waals surface area contributed by atoms with Crippen LogP contribution in [0.3, 0.4) is 0 Å². The molecule has 0 saturated carbocycles. The molecule has 0 aromatic rings. The number of likely N-dealkylation sites (tertiary alicyclic amines) is 1. The SMILES string of the molecule is O=C(O)CCC1CCCCN1C(=O)NC1CCCNC1=O. The van der Waals surface area contributed by atoms with E-state index < -0.39 is 12.0 Å². The molecule has 2 heterocycles. The molecule has 0 aromatic heterocycles. The van der Waals surface area contributed by atoms with Gasteiger partial charge in [-0.2, -0.15) is 0 Å². The third-order valence-corrected chi connectivity index (χ3v) is 4.16. The zero-order valence-electron chi connectivity index (χ0n) is 12.1. The first kappa shape index (κ1) is 15.6. The summed E-state index contributed by atoms with van der Waals surface area (Å²) in [6.45, 7) is 1.29. The molecule has 3 amide bonds. The molecule has 0 radical (unpaired) electrons. The third kappa shape index (κ3) is 4.34. The second kappa shape index (κ2) is 7.28. The molecule has 0 spiro atoms. The lowest BCUT2D eigenvalue weighted by Gasteiger charge is -2.37. The molecule has 7 nitrogen and oxygen atoms in total. The van der Waals surface area contributed by atoms with Crippen LogP contribution >= 0.6 is 0 Å². The first-order valence-corrected chi connectivity index (χ1v) is 7.64. The Kier molecular flexibility index (Phi) is 5.41. The Morgan fingerprint density at radius 2 is 2.10 bits per heavy atom. The van der Waals surface area contributed by atoms with Gasteiger partial charge in [0.2, 0.25) is 5.91 Å². The first-order chi connectivity index (χ1) is 10.1. The zero-order valence-corrected chi connectivity index (χ0v) is 12.1. The summed E-state index contributed by atoms with van der Waals surface area (Å²) < 4.78 is 0. The standard InChI is InChI=1S/C14H23N3O4/c18-12(19)7-6-10-4-1-2-9-17(10)14(21)16-11-5-3-8-15-13(11)20/h10-11H,1-9H2,(H,15,20)(H,16,21)(H,18,19). The van der Waals surface area contributed by atoms with Gasteiger partial charge < -0.3 is 20.6 Å². The minimum atomic E-state index is -0.840. The number of rotatable bonds is 4. The number of carboxylic acids is 1. The van der Waals surface area contributed by atoms with E-state index in [9.17, 15) is 14.4 Å². The van der Waals surface area contributed by atoms with Gasteiger partial charge in [-0.1, -0.05) is 0 Å². The molecule has 0 aliphatic carbocycles. The molecule has 118 valence electrons. The van der Waals surface area contributed by atoms with Crippen LogP contribution in [0.15, 0.2) is 0 Å². The minimum Gasteiger partial charge on any atom is -0.481 e. The Hall–Kier alpha value is -1.79. The number of carbonyl (C=O) groups is 3. The van der Waals surface area contributed by atoms with Gasteiger partial charge in [0.05, 0.1) is 0 Å². The van der Waals surface area contributed by atoms with E-state index >= 15 is 0 Å². The molecule has 7 heteroatoms. The Morgan fingerprint density at radius 3 is 2.81 bits per heavy atom. The van der Waals surface area contributed by atoms with Crippen LogP contribution in [0.2, 0.25) is 0 Å². The quantitative estimate of drug-likeness (QED) is 0.711. The average Bonchev–Trinajstić information content (AvgIpc) is 2.47. The number of urea groups is 1. The van der Waals surface area contributed by atoms with Gasteiger partial charge in [0.1, 0.15) is 6.04 Å². The maximum Gasteiger partial charge on any atom is 0.318 e. The van der Waals surface area contributed by atoms with Gasteiger partial charge in [0.15, 0.2) is 0 Å². The van der Waals surface area contributed by atoms with Crippen LogP contribution in [-0.2, 0) is 9.59 Å². The van der Waals surface area contributed by atoms with Gasteiger partial charge in [-0.05, 0) is 38.5 Å². The van der Waals surface area contributed by atoms with Crippen LogP contribution in [0.25, 0.3) is 0 Å². The Balaban J connectivity index is 1.91. The predicted molar refractivity (Wildman–Crippen MR) is 75.8 cm³/mol. The molecular formula is C14H23N3O4. The van der Waals surface area contributed by atoms with Gasteiger partial charge >= 0.3 is 12.0 Å². The second-order valence-electron chi connectivity index (χ2n) is 5.71. The molecular weight excluding hydrogens is 274 g/mol. The van der Waals surface area contributed by atoms with Crippen LogP contribution in [0, 0.1) is 0 Å². The summed E-state index contributed by atoms with van der Waals surface area (Å²) in [6.07, 6.45) is 4.83. The number of amides is 3. The van der Waals surface area contributed by atoms with Gasteiger partial charge in [-0.15, -0.1) is 0 Å². The third-order valence-electron chi connectivity index (χ3n) is 4.16. The average molecular weight is 297 g/mol. The summed E-state index contributed by atoms with van der Waals surface area (Å²) in [5.41, 5.74) is 0. The molecule has 2 aliphatic heterocycles. The highest BCUT2D eigenvalue weighted by Gasteiger charge is 2.30. The fraction of sp³-hybridized carbons (Fsp3) is 0.786. The highest BCUT2D eigenvalue weighted by atomic mass is 16.4. The smallest absolute Gasteiger partial charge is 0.318 e. The topological polar surface area (TPSA) is 98.7 Å². The van der Waals surface area contributed by atoms with Crippen molar-refractivity contribution < 1.29 is 19.5 Å². The van der Waals surface area contributed by atoms with E-state index in [0.29, 0.717) is 25.9 Å². The number of piperidine rings is 2. The Bertz CT molecular complexity index is 413. The van der Waals surface area contributed by atoms with E-state index in [1.807, 2.05) is 0 Å². The molecule has 2 saturated heterocycles. The number of hydrogen-bond acceptors (Lipinski definition) is 3. The van der Waals surface area contributed by atoms with Crippen LogP contribution in [0.4, 0.5) is 4.79 Å². The number of nitrogens with one attached hydrogen (secondary N) is 2. The second-order valence-corrected chi connectivity index (χ2v) is 5.71. The molecule has 3 N–H and O–H groups in total. The van der Waals surface area contributed by atoms with Gasteiger partial charge in [-0.25, -0.2) is 4.79 Å². The summed E-state index contributed by atoms with van der Waals surface area (Å²) in [5.74, 6) is -0.971. The summed E-state index contributed by atoms with van der Waals surface area (Å²) in [6, 6.07) is -0.748. The van der Waals surface area contributed by atoms with Crippen LogP contribution in [-0.4, -0.2) is 53.1 Å². The fourth-order valence-corrected chi connectivity index (χ4v) is 3.00. The number of nitrogens with zero attached hydrogens (tertiary/aromatic N) is 1. The minimum absolute atomic E-state index is 0.0403. The van der Waals surface area contributed by atoms with Crippen LogP contribution < -0.4 is 10.6 Å².